The van der Waals surface area contributed by atoms with Crippen LogP contribution in [0.5, 0.6) is 0 Å². The van der Waals surface area contributed by atoms with Crippen molar-refractivity contribution in [3.8, 4) is 0 Å². The minimum Gasteiger partial charge on any atom is -0.464 e. The molecule has 11 nitrogen and oxygen atoms in total. The molecule has 12 heteroatoms. The fourth-order valence-electron chi connectivity index (χ4n) is 3.11. The van der Waals surface area contributed by atoms with Gasteiger partial charge in [-0.3, -0.25) is 14.4 Å². The molecule has 0 saturated carbocycles. The number of esters is 1. The van der Waals surface area contributed by atoms with Gasteiger partial charge in [-0.05, 0) is 32.1 Å². The Kier molecular flexibility index (Phi) is 13.3. The summed E-state index contributed by atoms with van der Waals surface area (Å²) in [6.45, 7) is 4.11. The summed E-state index contributed by atoms with van der Waals surface area (Å²) in [5.74, 6) is -1.06. The Hall–Kier alpha value is -2.37. The highest BCUT2D eigenvalue weighted by molar-refractivity contribution is 8.13. The second-order valence-corrected chi connectivity index (χ2v) is 8.66. The van der Waals surface area contributed by atoms with Crippen LogP contribution in [0.1, 0.15) is 58.8 Å². The molecule has 2 atom stereocenters. The van der Waals surface area contributed by atoms with Crippen LogP contribution in [0, 0.1) is 16.0 Å². The second kappa shape index (κ2) is 15.4. The molecule has 0 spiro atoms. The van der Waals surface area contributed by atoms with Gasteiger partial charge in [-0.25, -0.2) is 4.79 Å². The van der Waals surface area contributed by atoms with E-state index in [1.54, 1.807) is 6.92 Å². The number of hydrogen-bond acceptors (Lipinski definition) is 9. The molecule has 1 aliphatic rings. The highest BCUT2D eigenvalue weighted by atomic mass is 32.2. The zero-order chi connectivity index (χ0) is 23.9. The molecule has 1 saturated heterocycles. The fraction of sp³-hybridized carbons (Fsp3) is 0.800. The molecule has 1 N–H and O–H groups in total. The van der Waals surface area contributed by atoms with E-state index in [1.165, 1.54) is 4.90 Å². The van der Waals surface area contributed by atoms with Crippen molar-refractivity contribution in [3.05, 3.63) is 10.1 Å². The van der Waals surface area contributed by atoms with Gasteiger partial charge in [0, 0.05) is 24.6 Å². The molecule has 0 aromatic heterocycles. The van der Waals surface area contributed by atoms with Crippen molar-refractivity contribution in [2.75, 3.05) is 32.1 Å². The summed E-state index contributed by atoms with van der Waals surface area (Å²) in [4.78, 5) is 64.4. The van der Waals surface area contributed by atoms with Crippen molar-refractivity contribution < 1.29 is 33.8 Å². The lowest BCUT2D eigenvalue weighted by atomic mass is 10.1. The molecule has 1 rings (SSSR count). The van der Waals surface area contributed by atoms with Crippen LogP contribution in [-0.4, -0.2) is 71.0 Å². The molecular formula is C20H33N3O8S. The molecular weight excluding hydrogens is 442 g/mol. The molecule has 0 aromatic carbocycles. The molecule has 2 amide bonds. The minimum atomic E-state index is -0.870. The second-order valence-electron chi connectivity index (χ2n) is 7.59. The van der Waals surface area contributed by atoms with E-state index in [4.69, 9.17) is 4.74 Å². The van der Waals surface area contributed by atoms with Gasteiger partial charge in [-0.15, -0.1) is 10.1 Å². The van der Waals surface area contributed by atoms with Gasteiger partial charge in [0.15, 0.2) is 0 Å². The predicted molar refractivity (Wildman–Crippen MR) is 117 cm³/mol. The van der Waals surface area contributed by atoms with Crippen LogP contribution in [0.2, 0.25) is 0 Å². The molecule has 0 radical (unpaired) electrons. The van der Waals surface area contributed by atoms with E-state index in [9.17, 15) is 29.3 Å². The minimum absolute atomic E-state index is 0.0606. The lowest BCUT2D eigenvalue weighted by Gasteiger charge is -2.26. The van der Waals surface area contributed by atoms with Gasteiger partial charge in [-0.2, -0.15) is 0 Å². The highest BCUT2D eigenvalue weighted by Gasteiger charge is 2.37. The first-order valence-electron chi connectivity index (χ1n) is 10.9. The van der Waals surface area contributed by atoms with Gasteiger partial charge in [0.25, 0.3) is 5.09 Å². The standard InChI is InChI=1S/C20H33N3O8S/c1-3-4-9-17(24)21-13-18(25)32-14-15(2)19(26)22-10-7-8-16(22)20(27)30-11-5-6-12-31-23(28)29/h15-16H,3-14H2,1-2H3,(H,21,24)/t15-,16+/m1/s1. The van der Waals surface area contributed by atoms with Gasteiger partial charge in [0.2, 0.25) is 16.9 Å². The molecule has 182 valence electrons. The maximum absolute atomic E-state index is 12.8. The van der Waals surface area contributed by atoms with Crippen molar-refractivity contribution in [3.63, 3.8) is 0 Å². The monoisotopic (exact) mass is 475 g/mol. The zero-order valence-corrected chi connectivity index (χ0v) is 19.5. The van der Waals surface area contributed by atoms with E-state index in [-0.39, 0.29) is 42.4 Å². The number of carbonyl (C=O) groups excluding carboxylic acids is 4. The van der Waals surface area contributed by atoms with E-state index >= 15 is 0 Å². The molecule has 1 fully saturated rings. The maximum atomic E-state index is 12.8. The van der Waals surface area contributed by atoms with E-state index in [0.29, 0.717) is 38.6 Å². The van der Waals surface area contributed by atoms with Gasteiger partial charge in [0.05, 0.1) is 19.8 Å². The van der Waals surface area contributed by atoms with E-state index in [2.05, 4.69) is 10.2 Å². The summed E-state index contributed by atoms with van der Waals surface area (Å²) < 4.78 is 5.22. The molecule has 1 heterocycles. The Morgan fingerprint density at radius 2 is 1.94 bits per heavy atom. The first-order chi connectivity index (χ1) is 15.3. The van der Waals surface area contributed by atoms with Crippen LogP contribution in [-0.2, 0) is 28.8 Å². The van der Waals surface area contributed by atoms with E-state index < -0.39 is 23.0 Å². The van der Waals surface area contributed by atoms with Crippen LogP contribution in [0.4, 0.5) is 0 Å². The number of likely N-dealkylation sites (tertiary alicyclic amines) is 1. The van der Waals surface area contributed by atoms with Crippen molar-refractivity contribution in [2.45, 2.75) is 64.8 Å². The fourth-order valence-corrected chi connectivity index (χ4v) is 3.86. The zero-order valence-electron chi connectivity index (χ0n) is 18.7. The summed E-state index contributed by atoms with van der Waals surface area (Å²) in [5, 5.41) is 11.6. The normalized spacial score (nSPS) is 16.3. The van der Waals surface area contributed by atoms with Crippen LogP contribution >= 0.6 is 11.8 Å². The number of rotatable bonds is 15. The van der Waals surface area contributed by atoms with E-state index in [1.807, 2.05) is 6.92 Å². The number of carbonyl (C=O) groups is 4. The number of nitrogens with one attached hydrogen (secondary N) is 1. The number of unbranched alkanes of at least 4 members (excludes halogenated alkanes) is 2. The van der Waals surface area contributed by atoms with Gasteiger partial charge in [0.1, 0.15) is 6.04 Å². The Morgan fingerprint density at radius 3 is 2.62 bits per heavy atom. The third-order valence-electron chi connectivity index (χ3n) is 4.89. The smallest absolute Gasteiger partial charge is 0.328 e. The van der Waals surface area contributed by atoms with Crippen LogP contribution in [0.15, 0.2) is 0 Å². The molecule has 0 bridgehead atoms. The first-order valence-corrected chi connectivity index (χ1v) is 11.9. The largest absolute Gasteiger partial charge is 0.464 e. The average Bonchev–Trinajstić information content (AvgIpc) is 3.25. The number of ether oxygens (including phenoxy) is 1. The number of nitrogens with zero attached hydrogens (tertiary/aromatic N) is 2. The van der Waals surface area contributed by atoms with Gasteiger partial charge >= 0.3 is 5.97 Å². The topological polar surface area (TPSA) is 145 Å². The maximum Gasteiger partial charge on any atom is 0.328 e. The van der Waals surface area contributed by atoms with Crippen LogP contribution < -0.4 is 5.32 Å². The first kappa shape index (κ1) is 27.7. The lowest BCUT2D eigenvalue weighted by Crippen LogP contribution is -2.44. The molecule has 0 aromatic rings. The average molecular weight is 476 g/mol. The van der Waals surface area contributed by atoms with Crippen LogP contribution in [0.25, 0.3) is 0 Å². The Morgan fingerprint density at radius 1 is 1.22 bits per heavy atom. The summed E-state index contributed by atoms with van der Waals surface area (Å²) in [6, 6.07) is -0.654. The van der Waals surface area contributed by atoms with Crippen molar-refractivity contribution in [1.82, 2.24) is 10.2 Å². The summed E-state index contributed by atoms with van der Waals surface area (Å²) in [7, 11) is 0. The third-order valence-corrected chi connectivity index (χ3v) is 6.02. The van der Waals surface area contributed by atoms with Gasteiger partial charge in [-0.1, -0.05) is 32.0 Å². The van der Waals surface area contributed by atoms with E-state index in [0.717, 1.165) is 24.6 Å². The number of thioether (sulfide) groups is 1. The number of amides is 2. The predicted octanol–water partition coefficient (Wildman–Crippen LogP) is 1.71. The summed E-state index contributed by atoms with van der Waals surface area (Å²) >= 11 is 0.993. The molecule has 32 heavy (non-hydrogen) atoms. The molecule has 1 aliphatic heterocycles. The Bertz CT molecular complexity index is 661. The molecule has 0 unspecified atom stereocenters. The lowest BCUT2D eigenvalue weighted by molar-refractivity contribution is -0.757. The Balaban J connectivity index is 2.34. The van der Waals surface area contributed by atoms with Gasteiger partial charge < -0.3 is 19.8 Å². The highest BCUT2D eigenvalue weighted by Crippen LogP contribution is 2.22. The Labute approximate surface area is 192 Å². The molecule has 0 aliphatic carbocycles. The van der Waals surface area contributed by atoms with Crippen molar-refractivity contribution in [1.29, 1.82) is 0 Å². The van der Waals surface area contributed by atoms with Crippen molar-refractivity contribution in [2.24, 2.45) is 5.92 Å². The number of hydrogen-bond donors (Lipinski definition) is 1. The summed E-state index contributed by atoms with van der Waals surface area (Å²) in [6.07, 6.45) is 4.06. The SMILES string of the molecule is CCCCC(=O)NCC(=O)SC[C@@H](C)C(=O)N1CCC[C@H]1C(=O)OCCCCO[N+](=O)[O-]. The van der Waals surface area contributed by atoms with Crippen molar-refractivity contribution >= 4 is 34.7 Å². The quantitative estimate of drug-likeness (QED) is 0.162. The van der Waals surface area contributed by atoms with Crippen LogP contribution in [0.3, 0.4) is 0 Å². The summed E-state index contributed by atoms with van der Waals surface area (Å²) in [5.41, 5.74) is 0. The third kappa shape index (κ3) is 10.8.